The molecule has 12 heavy (non-hydrogen) atoms. The highest BCUT2D eigenvalue weighted by Gasteiger charge is 2.10. The molecule has 3 nitrogen and oxygen atoms in total. The van der Waals surface area contributed by atoms with Crippen molar-refractivity contribution in [2.75, 3.05) is 0 Å². The zero-order valence-corrected chi connectivity index (χ0v) is 6.59. The van der Waals surface area contributed by atoms with E-state index in [0.29, 0.717) is 0 Å². The Morgan fingerprint density at radius 3 is 2.75 bits per heavy atom. The zero-order chi connectivity index (χ0) is 8.23. The first-order chi connectivity index (χ1) is 5.97. The fourth-order valence-corrected chi connectivity index (χ4v) is 1.14. The molecule has 0 saturated carbocycles. The van der Waals surface area contributed by atoms with E-state index in [1.165, 1.54) is 0 Å². The van der Waals surface area contributed by atoms with Crippen LogP contribution in [0.1, 0.15) is 18.3 Å². The zero-order valence-electron chi connectivity index (χ0n) is 6.59. The molecule has 1 unspecified atom stereocenters. The van der Waals surface area contributed by atoms with Gasteiger partial charge in [0, 0.05) is 18.6 Å². The van der Waals surface area contributed by atoms with Crippen LogP contribution in [0, 0.1) is 0 Å². The van der Waals surface area contributed by atoms with Crippen LogP contribution in [0.5, 0.6) is 0 Å². The Labute approximate surface area is 70.9 Å². The summed E-state index contributed by atoms with van der Waals surface area (Å²) in [6.45, 7) is 0. The molecule has 1 atom stereocenters. The lowest BCUT2D eigenvalue weighted by molar-refractivity contribution is 0.681. The maximum absolute atomic E-state index is 4.26. The first kappa shape index (κ1) is 7.16. The lowest BCUT2D eigenvalue weighted by Gasteiger charge is -2.09. The van der Waals surface area contributed by atoms with E-state index >= 15 is 0 Å². The topological polar surface area (TPSA) is 38.1 Å². The molecule has 0 bridgehead atoms. The third-order valence-corrected chi connectivity index (χ3v) is 1.73. The molecule has 0 aromatic carbocycles. The predicted octanol–water partition coefficient (Wildman–Crippen LogP) is 1.55. The molecule has 2 rings (SSSR count). The number of hydrogen-bond acceptors (Lipinski definition) is 3. The van der Waals surface area contributed by atoms with Gasteiger partial charge in [0.25, 0.3) is 0 Å². The van der Waals surface area contributed by atoms with E-state index < -0.39 is 0 Å². The van der Waals surface area contributed by atoms with Crippen LogP contribution < -0.4 is 0 Å². The van der Waals surface area contributed by atoms with Crippen molar-refractivity contribution in [2.45, 2.75) is 12.5 Å². The number of aromatic nitrogens is 2. The Morgan fingerprint density at radius 1 is 1.25 bits per heavy atom. The van der Waals surface area contributed by atoms with Gasteiger partial charge in [-0.25, -0.2) is 9.97 Å². The first-order valence-electron chi connectivity index (χ1n) is 3.92. The van der Waals surface area contributed by atoms with Gasteiger partial charge in [-0.2, -0.15) is 0 Å². The van der Waals surface area contributed by atoms with Crippen molar-refractivity contribution in [1.29, 1.82) is 0 Å². The summed E-state index contributed by atoms with van der Waals surface area (Å²) < 4.78 is 0. The molecule has 1 aliphatic heterocycles. The molecule has 1 aromatic heterocycles. The van der Waals surface area contributed by atoms with Crippen LogP contribution in [0.2, 0.25) is 0 Å². The summed E-state index contributed by atoms with van der Waals surface area (Å²) in [6, 6.07) is 1.93. The Morgan fingerprint density at radius 2 is 2.08 bits per heavy atom. The van der Waals surface area contributed by atoms with Crippen LogP contribution in [-0.4, -0.2) is 16.2 Å². The van der Waals surface area contributed by atoms with Gasteiger partial charge in [-0.15, -0.1) is 0 Å². The minimum atomic E-state index is 0.121. The largest absolute Gasteiger partial charge is 0.281 e. The second kappa shape index (κ2) is 3.26. The number of dihydropyridines is 1. The minimum Gasteiger partial charge on any atom is -0.281 e. The van der Waals surface area contributed by atoms with E-state index in [1.54, 1.807) is 18.6 Å². The third-order valence-electron chi connectivity index (χ3n) is 1.73. The SMILES string of the molecule is C1=CCC(c2ncccn2)N=C1. The number of allylic oxidation sites excluding steroid dienone is 1. The number of nitrogens with zero attached hydrogens (tertiary/aromatic N) is 3. The summed E-state index contributed by atoms with van der Waals surface area (Å²) in [5.41, 5.74) is 0. The van der Waals surface area contributed by atoms with Gasteiger partial charge in [-0.05, 0) is 18.6 Å². The van der Waals surface area contributed by atoms with E-state index in [4.69, 9.17) is 0 Å². The predicted molar refractivity (Wildman–Crippen MR) is 47.0 cm³/mol. The van der Waals surface area contributed by atoms with Gasteiger partial charge in [0.15, 0.2) is 5.82 Å². The minimum absolute atomic E-state index is 0.121. The molecule has 2 heterocycles. The molecule has 0 spiro atoms. The normalized spacial score (nSPS) is 21.2. The second-order valence-electron chi connectivity index (χ2n) is 2.58. The summed E-state index contributed by atoms with van der Waals surface area (Å²) >= 11 is 0. The van der Waals surface area contributed by atoms with E-state index in [0.717, 1.165) is 12.2 Å². The van der Waals surface area contributed by atoms with Crippen molar-refractivity contribution in [3.8, 4) is 0 Å². The third kappa shape index (κ3) is 1.39. The van der Waals surface area contributed by atoms with Gasteiger partial charge in [0.1, 0.15) is 6.04 Å². The summed E-state index contributed by atoms with van der Waals surface area (Å²) in [7, 11) is 0. The summed E-state index contributed by atoms with van der Waals surface area (Å²) in [4.78, 5) is 12.6. The Hall–Kier alpha value is -1.51. The fraction of sp³-hybridized carbons (Fsp3) is 0.222. The van der Waals surface area contributed by atoms with Gasteiger partial charge in [0.2, 0.25) is 0 Å². The van der Waals surface area contributed by atoms with E-state index in [1.807, 2.05) is 12.1 Å². The van der Waals surface area contributed by atoms with E-state index in [2.05, 4.69) is 21.0 Å². The molecule has 60 valence electrons. The highest BCUT2D eigenvalue weighted by Crippen LogP contribution is 2.18. The van der Waals surface area contributed by atoms with Crippen LogP contribution in [0.3, 0.4) is 0 Å². The maximum atomic E-state index is 4.26. The van der Waals surface area contributed by atoms with Crippen LogP contribution in [-0.2, 0) is 0 Å². The van der Waals surface area contributed by atoms with Gasteiger partial charge < -0.3 is 0 Å². The van der Waals surface area contributed by atoms with Crippen LogP contribution >= 0.6 is 0 Å². The lowest BCUT2D eigenvalue weighted by atomic mass is 10.1. The van der Waals surface area contributed by atoms with Gasteiger partial charge in [-0.3, -0.25) is 4.99 Å². The molecule has 3 heteroatoms. The molecule has 0 saturated heterocycles. The van der Waals surface area contributed by atoms with Crippen molar-refractivity contribution < 1.29 is 0 Å². The summed E-state index contributed by atoms with van der Waals surface area (Å²) in [5.74, 6) is 0.804. The van der Waals surface area contributed by atoms with Crippen molar-refractivity contribution in [3.05, 3.63) is 36.4 Å². The van der Waals surface area contributed by atoms with Crippen molar-refractivity contribution in [1.82, 2.24) is 9.97 Å². The number of hydrogen-bond donors (Lipinski definition) is 0. The highest BCUT2D eigenvalue weighted by molar-refractivity contribution is 5.72. The molecule has 1 aromatic rings. The lowest BCUT2D eigenvalue weighted by Crippen LogP contribution is -2.02. The average molecular weight is 159 g/mol. The standard InChI is InChI=1S/C9H9N3/c1-2-5-10-8(4-1)9-11-6-3-7-12-9/h1-3,5-8H,4H2. The molecule has 0 N–H and O–H groups in total. The van der Waals surface area contributed by atoms with Crippen molar-refractivity contribution >= 4 is 6.21 Å². The fourth-order valence-electron chi connectivity index (χ4n) is 1.14. The van der Waals surface area contributed by atoms with E-state index in [9.17, 15) is 0 Å². The second-order valence-corrected chi connectivity index (χ2v) is 2.58. The van der Waals surface area contributed by atoms with Gasteiger partial charge in [-0.1, -0.05) is 6.08 Å². The summed E-state index contributed by atoms with van der Waals surface area (Å²) in [6.07, 6.45) is 10.2. The summed E-state index contributed by atoms with van der Waals surface area (Å²) in [5, 5.41) is 0. The van der Waals surface area contributed by atoms with Crippen LogP contribution in [0.25, 0.3) is 0 Å². The number of rotatable bonds is 1. The number of aliphatic imine (C=N–C) groups is 1. The molecular formula is C9H9N3. The monoisotopic (exact) mass is 159 g/mol. The maximum Gasteiger partial charge on any atom is 0.152 e. The van der Waals surface area contributed by atoms with Gasteiger partial charge >= 0.3 is 0 Å². The molecule has 0 amide bonds. The average Bonchev–Trinajstić information content (AvgIpc) is 2.21. The Bertz CT molecular complexity index is 303. The molecule has 0 aliphatic carbocycles. The van der Waals surface area contributed by atoms with Gasteiger partial charge in [0.05, 0.1) is 0 Å². The smallest absolute Gasteiger partial charge is 0.152 e. The Balaban J connectivity index is 2.21. The van der Waals surface area contributed by atoms with Crippen LogP contribution in [0.15, 0.2) is 35.6 Å². The van der Waals surface area contributed by atoms with Crippen molar-refractivity contribution in [2.24, 2.45) is 4.99 Å². The quantitative estimate of drug-likeness (QED) is 0.623. The molecule has 0 radical (unpaired) electrons. The molecule has 0 fully saturated rings. The Kier molecular flexibility index (Phi) is 1.94. The highest BCUT2D eigenvalue weighted by atomic mass is 14.9. The van der Waals surface area contributed by atoms with Crippen molar-refractivity contribution in [3.63, 3.8) is 0 Å². The molecular weight excluding hydrogens is 150 g/mol. The molecule has 1 aliphatic rings. The van der Waals surface area contributed by atoms with Crippen LogP contribution in [0.4, 0.5) is 0 Å². The first-order valence-corrected chi connectivity index (χ1v) is 3.92. The van der Waals surface area contributed by atoms with E-state index in [-0.39, 0.29) is 6.04 Å².